The molecule has 0 aromatic carbocycles. The molecule has 1 nitrogen and oxygen atoms in total. The average Bonchev–Trinajstić information content (AvgIpc) is 2.75. The van der Waals surface area contributed by atoms with E-state index in [1.165, 1.54) is 0 Å². The van der Waals surface area contributed by atoms with Gasteiger partial charge >= 0.3 is 0 Å². The quantitative estimate of drug-likeness (QED) is 0.577. The fourth-order valence-electron chi connectivity index (χ4n) is 0.865. The zero-order valence-electron chi connectivity index (χ0n) is 8.55. The molecule has 80 valence electrons. The minimum Gasteiger partial charge on any atom is -0.465 e. The number of rotatable bonds is 2. The molecule has 3 heteroatoms. The van der Waals surface area contributed by atoms with Crippen LogP contribution in [0.15, 0.2) is 37.9 Å². The largest absolute Gasteiger partial charge is 0.465 e. The van der Waals surface area contributed by atoms with Crippen molar-refractivity contribution in [3.05, 3.63) is 39.2 Å². The Hall–Kier alpha value is -1.16. The summed E-state index contributed by atoms with van der Waals surface area (Å²) in [5, 5.41) is 0. The first-order chi connectivity index (χ1) is 7.74. The van der Waals surface area contributed by atoms with Crippen LogP contribution in [-0.4, -0.2) is 0 Å². The van der Waals surface area contributed by atoms with E-state index in [4.69, 9.17) is 4.42 Å². The van der Waals surface area contributed by atoms with E-state index in [2.05, 4.69) is 55.5 Å². The molecular formula is C13H8Br2O. The van der Waals surface area contributed by atoms with Gasteiger partial charge in [0.1, 0.15) is 5.76 Å². The third-order valence-electron chi connectivity index (χ3n) is 1.55. The van der Waals surface area contributed by atoms with Gasteiger partial charge in [0.15, 0.2) is 0 Å². The molecule has 1 aromatic heterocycles. The molecule has 1 heterocycles. The second kappa shape index (κ2) is 7.17. The molecule has 0 N–H and O–H groups in total. The van der Waals surface area contributed by atoms with Gasteiger partial charge in [0.05, 0.1) is 9.65 Å². The van der Waals surface area contributed by atoms with Gasteiger partial charge in [-0.15, -0.1) is 0 Å². The maximum absolute atomic E-state index is 5.17. The summed E-state index contributed by atoms with van der Waals surface area (Å²) in [7, 11) is 0. The molecule has 0 aliphatic rings. The summed E-state index contributed by atoms with van der Waals surface area (Å²) in [6, 6.07) is 3.70. The Kier molecular flexibility index (Phi) is 5.78. The molecule has 1 aromatic rings. The predicted molar refractivity (Wildman–Crippen MR) is 73.8 cm³/mol. The molecule has 0 fully saturated rings. The van der Waals surface area contributed by atoms with E-state index in [9.17, 15) is 0 Å². The maximum atomic E-state index is 5.17. The Balaban J connectivity index is 2.86. The molecule has 0 saturated heterocycles. The van der Waals surface area contributed by atoms with Crippen LogP contribution in [0.3, 0.4) is 0 Å². The van der Waals surface area contributed by atoms with E-state index in [0.717, 1.165) is 14.7 Å². The highest BCUT2D eigenvalue weighted by molar-refractivity contribution is 9.28. The summed E-state index contributed by atoms with van der Waals surface area (Å²) in [5.41, 5.74) is 0.805. The minimum absolute atomic E-state index is 0.780. The van der Waals surface area contributed by atoms with Crippen molar-refractivity contribution >= 4 is 37.9 Å². The van der Waals surface area contributed by atoms with E-state index in [0.29, 0.717) is 0 Å². The van der Waals surface area contributed by atoms with Gasteiger partial charge in [0.2, 0.25) is 0 Å². The van der Waals surface area contributed by atoms with Crippen molar-refractivity contribution in [2.45, 2.75) is 6.92 Å². The van der Waals surface area contributed by atoms with Crippen molar-refractivity contribution in [1.29, 1.82) is 0 Å². The first kappa shape index (κ1) is 12.9. The standard InChI is InChI=1S/C13H8Br2O/c1-2-3-4-6-11(13(14)15)8-9-12-7-5-10-16-12/h5,7-10H,1H3/b9-8+. The second-order valence-corrected chi connectivity index (χ2v) is 5.30. The molecule has 16 heavy (non-hydrogen) atoms. The number of furan rings is 1. The number of halogens is 2. The molecular weight excluding hydrogens is 332 g/mol. The highest BCUT2D eigenvalue weighted by Crippen LogP contribution is 2.20. The van der Waals surface area contributed by atoms with E-state index in [1.54, 1.807) is 13.2 Å². The van der Waals surface area contributed by atoms with Crippen LogP contribution in [-0.2, 0) is 0 Å². The van der Waals surface area contributed by atoms with Crippen LogP contribution in [0.4, 0.5) is 0 Å². The highest BCUT2D eigenvalue weighted by atomic mass is 79.9. The molecule has 0 atom stereocenters. The summed E-state index contributed by atoms with van der Waals surface area (Å²) in [5.74, 6) is 11.8. The predicted octanol–water partition coefficient (Wildman–Crippen LogP) is 4.32. The molecule has 0 saturated carbocycles. The lowest BCUT2D eigenvalue weighted by Gasteiger charge is -1.90. The number of allylic oxidation sites excluding steroid dienone is 2. The summed E-state index contributed by atoms with van der Waals surface area (Å²) in [4.78, 5) is 0. The van der Waals surface area contributed by atoms with Gasteiger partial charge in [-0.25, -0.2) is 0 Å². The van der Waals surface area contributed by atoms with Crippen LogP contribution >= 0.6 is 31.9 Å². The zero-order chi connectivity index (χ0) is 11.8. The fourth-order valence-corrected chi connectivity index (χ4v) is 1.33. The van der Waals surface area contributed by atoms with Gasteiger partial charge in [0, 0.05) is 5.57 Å². The number of hydrogen-bond acceptors (Lipinski definition) is 1. The number of hydrogen-bond donors (Lipinski definition) is 0. The smallest absolute Gasteiger partial charge is 0.126 e. The summed E-state index contributed by atoms with van der Waals surface area (Å²) >= 11 is 6.64. The lowest BCUT2D eigenvalue weighted by molar-refractivity contribution is 0.557. The normalized spacial score (nSPS) is 8.94. The SMILES string of the molecule is CC#CC#CC(/C=C/c1ccco1)=C(Br)Br. The van der Waals surface area contributed by atoms with Crippen LogP contribution in [0.2, 0.25) is 0 Å². The van der Waals surface area contributed by atoms with Crippen molar-refractivity contribution in [3.8, 4) is 23.7 Å². The molecule has 1 rings (SSSR count). The molecule has 0 bridgehead atoms. The average molecular weight is 340 g/mol. The summed E-state index contributed by atoms with van der Waals surface area (Å²) in [6.07, 6.45) is 5.31. The van der Waals surface area contributed by atoms with Crippen LogP contribution < -0.4 is 0 Å². The molecule has 0 spiro atoms. The molecule has 0 radical (unpaired) electrons. The summed E-state index contributed by atoms with van der Waals surface area (Å²) in [6.45, 7) is 1.75. The van der Waals surface area contributed by atoms with Crippen LogP contribution in [0.25, 0.3) is 6.08 Å². The topological polar surface area (TPSA) is 13.1 Å². The minimum atomic E-state index is 0.780. The van der Waals surface area contributed by atoms with E-state index in [-0.39, 0.29) is 0 Å². The van der Waals surface area contributed by atoms with Crippen molar-refractivity contribution in [2.24, 2.45) is 0 Å². The van der Waals surface area contributed by atoms with Gasteiger partial charge in [-0.1, -0.05) is 11.8 Å². The van der Waals surface area contributed by atoms with Crippen LogP contribution in [0, 0.1) is 23.7 Å². The second-order valence-electron chi connectivity index (χ2n) is 2.65. The van der Waals surface area contributed by atoms with Crippen molar-refractivity contribution in [2.75, 3.05) is 0 Å². The van der Waals surface area contributed by atoms with Gasteiger partial charge in [-0.05, 0) is 74.9 Å². The third kappa shape index (κ3) is 4.57. The lowest BCUT2D eigenvalue weighted by atomic mass is 10.2. The molecule has 0 aliphatic carbocycles. The lowest BCUT2D eigenvalue weighted by Crippen LogP contribution is -1.72. The van der Waals surface area contributed by atoms with Crippen molar-refractivity contribution in [3.63, 3.8) is 0 Å². The maximum Gasteiger partial charge on any atom is 0.126 e. The van der Waals surface area contributed by atoms with E-state index in [1.807, 2.05) is 24.3 Å². The molecule has 0 amide bonds. The van der Waals surface area contributed by atoms with Crippen LogP contribution in [0.1, 0.15) is 12.7 Å². The first-order valence-electron chi connectivity index (χ1n) is 4.43. The highest BCUT2D eigenvalue weighted by Gasteiger charge is 1.94. The third-order valence-corrected chi connectivity index (χ3v) is 2.40. The van der Waals surface area contributed by atoms with Gasteiger partial charge in [0.25, 0.3) is 0 Å². The summed E-state index contributed by atoms with van der Waals surface area (Å²) < 4.78 is 5.96. The molecule has 0 aliphatic heterocycles. The Labute approximate surface area is 112 Å². The van der Waals surface area contributed by atoms with Crippen molar-refractivity contribution in [1.82, 2.24) is 0 Å². The van der Waals surface area contributed by atoms with E-state index >= 15 is 0 Å². The molecule has 0 unspecified atom stereocenters. The Morgan fingerprint density at radius 2 is 2.19 bits per heavy atom. The van der Waals surface area contributed by atoms with E-state index < -0.39 is 0 Å². The van der Waals surface area contributed by atoms with Gasteiger partial charge < -0.3 is 4.42 Å². The zero-order valence-corrected chi connectivity index (χ0v) is 11.7. The monoisotopic (exact) mass is 338 g/mol. The Morgan fingerprint density at radius 3 is 2.75 bits per heavy atom. The van der Waals surface area contributed by atoms with Crippen LogP contribution in [0.5, 0.6) is 0 Å². The van der Waals surface area contributed by atoms with Gasteiger partial charge in [-0.3, -0.25) is 0 Å². The fraction of sp³-hybridized carbons (Fsp3) is 0.0769. The Morgan fingerprint density at radius 1 is 1.38 bits per heavy atom. The van der Waals surface area contributed by atoms with Gasteiger partial charge in [-0.2, -0.15) is 0 Å². The first-order valence-corrected chi connectivity index (χ1v) is 6.02. The van der Waals surface area contributed by atoms with Crippen molar-refractivity contribution < 1.29 is 4.42 Å². The Bertz CT molecular complexity index is 510.